The van der Waals surface area contributed by atoms with E-state index in [2.05, 4.69) is 26.2 Å². The first kappa shape index (κ1) is 13.8. The van der Waals surface area contributed by atoms with E-state index in [1.54, 1.807) is 42.6 Å². The van der Waals surface area contributed by atoms with E-state index in [4.69, 9.17) is 16.3 Å². The number of ether oxygens (including phenoxy) is 1. The molecule has 1 amide bonds. The number of carbonyl (C=O) groups excluding carboxylic acids is 1. The Morgan fingerprint density at radius 2 is 2.21 bits per heavy atom. The number of hydrogen-bond acceptors (Lipinski definition) is 3. The van der Waals surface area contributed by atoms with Gasteiger partial charge in [0.25, 0.3) is 5.91 Å². The Kier molecular flexibility index (Phi) is 4.76. The molecule has 0 fully saturated rings. The molecule has 0 saturated heterocycles. The van der Waals surface area contributed by atoms with Gasteiger partial charge in [-0.1, -0.05) is 17.7 Å². The topological polar surface area (TPSA) is 51.2 Å². The number of hydrogen-bond donors (Lipinski definition) is 1. The minimum absolute atomic E-state index is 0.100. The lowest BCUT2D eigenvalue weighted by molar-refractivity contribution is -0.118. The molecule has 0 unspecified atom stereocenters. The zero-order valence-corrected chi connectivity index (χ0v) is 12.1. The lowest BCUT2D eigenvalue weighted by atomic mass is 10.3. The Hall–Kier alpha value is -1.59. The number of anilines is 1. The van der Waals surface area contributed by atoms with Gasteiger partial charge in [0.05, 0.1) is 0 Å². The van der Waals surface area contributed by atoms with E-state index in [-0.39, 0.29) is 12.5 Å². The van der Waals surface area contributed by atoms with Crippen molar-refractivity contribution < 1.29 is 9.53 Å². The summed E-state index contributed by atoms with van der Waals surface area (Å²) >= 11 is 9.06. The first-order valence-corrected chi connectivity index (χ1v) is 6.61. The molecule has 0 saturated carbocycles. The van der Waals surface area contributed by atoms with Crippen LogP contribution in [0.3, 0.4) is 0 Å². The number of benzene rings is 1. The van der Waals surface area contributed by atoms with Crippen molar-refractivity contribution in [3.05, 3.63) is 52.2 Å². The van der Waals surface area contributed by atoms with Gasteiger partial charge in [0.15, 0.2) is 12.4 Å². The predicted octanol–water partition coefficient (Wildman–Crippen LogP) is 3.52. The molecule has 0 aliphatic carbocycles. The predicted molar refractivity (Wildman–Crippen MR) is 77.5 cm³/mol. The smallest absolute Gasteiger partial charge is 0.262 e. The third-order valence-electron chi connectivity index (χ3n) is 2.19. The van der Waals surface area contributed by atoms with Gasteiger partial charge in [0, 0.05) is 16.9 Å². The molecule has 0 spiro atoms. The first-order chi connectivity index (χ1) is 9.15. The molecular formula is C13H10BrClN2O2. The number of amides is 1. The molecule has 0 aliphatic heterocycles. The summed E-state index contributed by atoms with van der Waals surface area (Å²) in [5.74, 6) is 0.252. The van der Waals surface area contributed by atoms with Crippen LogP contribution in [0.25, 0.3) is 0 Å². The van der Waals surface area contributed by atoms with Gasteiger partial charge in [-0.25, -0.2) is 4.98 Å². The van der Waals surface area contributed by atoms with Gasteiger partial charge in [-0.2, -0.15) is 0 Å². The van der Waals surface area contributed by atoms with Crippen molar-refractivity contribution >= 4 is 39.1 Å². The van der Waals surface area contributed by atoms with Crippen LogP contribution in [0.5, 0.6) is 5.75 Å². The molecule has 1 N–H and O–H groups in total. The van der Waals surface area contributed by atoms with E-state index < -0.39 is 0 Å². The summed E-state index contributed by atoms with van der Waals surface area (Å²) in [7, 11) is 0. The van der Waals surface area contributed by atoms with E-state index >= 15 is 0 Å². The number of nitrogens with one attached hydrogen (secondary N) is 1. The van der Waals surface area contributed by atoms with E-state index in [0.717, 1.165) is 0 Å². The average Bonchev–Trinajstić information content (AvgIpc) is 2.38. The molecule has 1 aromatic carbocycles. The molecule has 2 rings (SSSR count). The van der Waals surface area contributed by atoms with Crippen molar-refractivity contribution in [3.63, 3.8) is 0 Å². The van der Waals surface area contributed by atoms with Gasteiger partial charge in [0.2, 0.25) is 0 Å². The normalized spacial score (nSPS) is 10.0. The molecule has 6 heteroatoms. The SMILES string of the molecule is O=C(COc1cccnc1Br)Nc1cccc(Cl)c1. The zero-order valence-electron chi connectivity index (χ0n) is 9.77. The van der Waals surface area contributed by atoms with Gasteiger partial charge < -0.3 is 10.1 Å². The number of halogens is 2. The summed E-state index contributed by atoms with van der Waals surface area (Å²) in [4.78, 5) is 15.7. The van der Waals surface area contributed by atoms with Crippen LogP contribution in [0.1, 0.15) is 0 Å². The highest BCUT2D eigenvalue weighted by molar-refractivity contribution is 9.10. The summed E-state index contributed by atoms with van der Waals surface area (Å²) in [6, 6.07) is 10.4. The maximum atomic E-state index is 11.7. The summed E-state index contributed by atoms with van der Waals surface area (Å²) in [5, 5.41) is 3.25. The summed E-state index contributed by atoms with van der Waals surface area (Å²) < 4.78 is 5.91. The minimum Gasteiger partial charge on any atom is -0.481 e. The minimum atomic E-state index is -0.266. The zero-order chi connectivity index (χ0) is 13.7. The van der Waals surface area contributed by atoms with E-state index in [1.165, 1.54) is 0 Å². The fraction of sp³-hybridized carbons (Fsp3) is 0.0769. The molecule has 98 valence electrons. The average molecular weight is 342 g/mol. The van der Waals surface area contributed by atoms with Crippen LogP contribution in [0.15, 0.2) is 47.2 Å². The van der Waals surface area contributed by atoms with Crippen LogP contribution in [0.2, 0.25) is 5.02 Å². The van der Waals surface area contributed by atoms with Crippen molar-refractivity contribution in [2.75, 3.05) is 11.9 Å². The van der Waals surface area contributed by atoms with Crippen LogP contribution in [0.4, 0.5) is 5.69 Å². The molecule has 1 heterocycles. The van der Waals surface area contributed by atoms with Gasteiger partial charge in [-0.3, -0.25) is 4.79 Å². The molecule has 4 nitrogen and oxygen atoms in total. The number of carbonyl (C=O) groups is 1. The summed E-state index contributed by atoms with van der Waals surface area (Å²) in [6.07, 6.45) is 1.63. The summed E-state index contributed by atoms with van der Waals surface area (Å²) in [6.45, 7) is -0.100. The Morgan fingerprint density at radius 3 is 2.95 bits per heavy atom. The molecule has 2 aromatic rings. The van der Waals surface area contributed by atoms with Gasteiger partial charge >= 0.3 is 0 Å². The Balaban J connectivity index is 1.90. The van der Waals surface area contributed by atoms with Crippen LogP contribution in [-0.4, -0.2) is 17.5 Å². The monoisotopic (exact) mass is 340 g/mol. The molecule has 0 radical (unpaired) electrons. The van der Waals surface area contributed by atoms with E-state index in [9.17, 15) is 4.79 Å². The standard InChI is InChI=1S/C13H10BrClN2O2/c14-13-11(5-2-6-16-13)19-8-12(18)17-10-4-1-3-9(15)7-10/h1-7H,8H2,(H,17,18). The quantitative estimate of drug-likeness (QED) is 0.866. The van der Waals surface area contributed by atoms with Gasteiger partial charge in [0.1, 0.15) is 4.60 Å². The van der Waals surface area contributed by atoms with Crippen LogP contribution in [-0.2, 0) is 4.79 Å². The Bertz CT molecular complexity index is 592. The molecule has 0 atom stereocenters. The van der Waals surface area contributed by atoms with Crippen molar-refractivity contribution in [2.45, 2.75) is 0 Å². The third kappa shape index (κ3) is 4.22. The highest BCUT2D eigenvalue weighted by atomic mass is 79.9. The number of rotatable bonds is 4. The number of pyridine rings is 1. The van der Waals surface area contributed by atoms with Crippen molar-refractivity contribution in [1.29, 1.82) is 0 Å². The Morgan fingerprint density at radius 1 is 1.37 bits per heavy atom. The second-order valence-corrected chi connectivity index (χ2v) is 4.83. The van der Waals surface area contributed by atoms with Crippen molar-refractivity contribution in [3.8, 4) is 5.75 Å². The van der Waals surface area contributed by atoms with Crippen molar-refractivity contribution in [2.24, 2.45) is 0 Å². The van der Waals surface area contributed by atoms with E-state index in [1.807, 2.05) is 0 Å². The second-order valence-electron chi connectivity index (χ2n) is 3.64. The first-order valence-electron chi connectivity index (χ1n) is 5.44. The van der Waals surface area contributed by atoms with Crippen LogP contribution in [0, 0.1) is 0 Å². The highest BCUT2D eigenvalue weighted by Gasteiger charge is 2.06. The fourth-order valence-electron chi connectivity index (χ4n) is 1.39. The lowest BCUT2D eigenvalue weighted by Crippen LogP contribution is -2.20. The number of nitrogens with zero attached hydrogens (tertiary/aromatic N) is 1. The third-order valence-corrected chi connectivity index (χ3v) is 3.02. The Labute approximate surface area is 123 Å². The van der Waals surface area contributed by atoms with Crippen LogP contribution >= 0.6 is 27.5 Å². The van der Waals surface area contributed by atoms with Gasteiger partial charge in [-0.05, 0) is 46.3 Å². The highest BCUT2D eigenvalue weighted by Crippen LogP contribution is 2.21. The maximum Gasteiger partial charge on any atom is 0.262 e. The largest absolute Gasteiger partial charge is 0.481 e. The van der Waals surface area contributed by atoms with Gasteiger partial charge in [-0.15, -0.1) is 0 Å². The summed E-state index contributed by atoms with van der Waals surface area (Å²) in [5.41, 5.74) is 0.631. The molecular weight excluding hydrogens is 332 g/mol. The molecule has 1 aromatic heterocycles. The second kappa shape index (κ2) is 6.54. The molecule has 19 heavy (non-hydrogen) atoms. The molecule has 0 bridgehead atoms. The molecule has 0 aliphatic rings. The van der Waals surface area contributed by atoms with Crippen LogP contribution < -0.4 is 10.1 Å². The fourth-order valence-corrected chi connectivity index (χ4v) is 1.94. The van der Waals surface area contributed by atoms with E-state index in [0.29, 0.717) is 21.1 Å². The number of aromatic nitrogens is 1. The maximum absolute atomic E-state index is 11.7. The van der Waals surface area contributed by atoms with Crippen molar-refractivity contribution in [1.82, 2.24) is 4.98 Å². The lowest BCUT2D eigenvalue weighted by Gasteiger charge is -2.08.